The van der Waals surface area contributed by atoms with Gasteiger partial charge >= 0.3 is 0 Å². The highest BCUT2D eigenvalue weighted by Gasteiger charge is 2.21. The van der Waals surface area contributed by atoms with Crippen LogP contribution in [0, 0.1) is 5.92 Å². The fourth-order valence-corrected chi connectivity index (χ4v) is 3.24. The van der Waals surface area contributed by atoms with Crippen LogP contribution in [0.1, 0.15) is 50.8 Å². The van der Waals surface area contributed by atoms with Crippen molar-refractivity contribution in [3.63, 3.8) is 0 Å². The molecule has 0 spiro atoms. The first-order chi connectivity index (χ1) is 13.3. The fourth-order valence-electron chi connectivity index (χ4n) is 3.24. The molecule has 152 valence electrons. The number of ether oxygens (including phenoxy) is 2. The van der Waals surface area contributed by atoms with Gasteiger partial charge in [0.05, 0.1) is 19.9 Å². The zero-order valence-corrected chi connectivity index (χ0v) is 17.8. The average Bonchev–Trinajstić information content (AvgIpc) is 2.68. The number of hydrogen-bond acceptors (Lipinski definition) is 3. The molecule has 2 aromatic rings. The Bertz CT molecular complexity index is 770. The largest absolute Gasteiger partial charge is 0.497 e. The van der Waals surface area contributed by atoms with Crippen molar-refractivity contribution < 1.29 is 19.6 Å². The molecule has 0 saturated heterocycles. The molecule has 0 unspecified atom stereocenters. The molecule has 0 aromatic heterocycles. The number of methoxy groups -OCH3 is 2. The first-order valence-electron chi connectivity index (χ1n) is 9.80. The Balaban J connectivity index is 2.04. The van der Waals surface area contributed by atoms with Crippen LogP contribution in [0.5, 0.6) is 11.5 Å². The van der Waals surface area contributed by atoms with Crippen molar-refractivity contribution in [1.82, 2.24) is 0 Å². The average molecular weight is 386 g/mol. The minimum absolute atomic E-state index is 0.0731. The summed E-state index contributed by atoms with van der Waals surface area (Å²) in [7, 11) is 3.18. The van der Waals surface area contributed by atoms with E-state index in [1.807, 2.05) is 0 Å². The van der Waals surface area contributed by atoms with Gasteiger partial charge in [0.1, 0.15) is 17.5 Å². The Morgan fingerprint density at radius 2 is 1.61 bits per heavy atom. The number of anilines is 1. The van der Waals surface area contributed by atoms with Crippen LogP contribution in [-0.2, 0) is 4.79 Å². The summed E-state index contributed by atoms with van der Waals surface area (Å²) in [5.41, 5.74) is 3.18. The molecular weight excluding hydrogens is 352 g/mol. The molecule has 0 aliphatic rings. The normalized spacial score (nSPS) is 12.1. The van der Waals surface area contributed by atoms with Gasteiger partial charge in [-0.05, 0) is 23.6 Å². The number of benzene rings is 2. The van der Waals surface area contributed by atoms with E-state index in [4.69, 9.17) is 9.47 Å². The quantitative estimate of drug-likeness (QED) is 0.691. The molecule has 1 atom stereocenters. The lowest BCUT2D eigenvalue weighted by molar-refractivity contribution is -0.692. The Morgan fingerprint density at radius 1 is 0.964 bits per heavy atom. The third-order valence-corrected chi connectivity index (χ3v) is 4.94. The zero-order chi connectivity index (χ0) is 20.7. The van der Waals surface area contributed by atoms with E-state index in [0.29, 0.717) is 35.6 Å². The van der Waals surface area contributed by atoms with Crippen molar-refractivity contribution in [1.29, 1.82) is 0 Å². The van der Waals surface area contributed by atoms with Gasteiger partial charge in [-0.2, -0.15) is 0 Å². The van der Waals surface area contributed by atoms with Crippen molar-refractivity contribution in [2.24, 2.45) is 5.92 Å². The predicted octanol–water partition coefficient (Wildman–Crippen LogP) is 3.73. The molecule has 0 fully saturated rings. The Kier molecular flexibility index (Phi) is 7.88. The summed E-state index contributed by atoms with van der Waals surface area (Å²) in [6, 6.07) is 14.3. The van der Waals surface area contributed by atoms with Crippen LogP contribution in [0.3, 0.4) is 0 Å². The predicted molar refractivity (Wildman–Crippen MR) is 113 cm³/mol. The molecule has 0 radical (unpaired) electrons. The minimum Gasteiger partial charge on any atom is -0.497 e. The number of carbonyl (C=O) groups excluding carboxylic acids is 1. The van der Waals surface area contributed by atoms with Gasteiger partial charge in [0, 0.05) is 17.5 Å². The van der Waals surface area contributed by atoms with Crippen LogP contribution in [0.25, 0.3) is 0 Å². The molecule has 5 heteroatoms. The van der Waals surface area contributed by atoms with E-state index < -0.39 is 0 Å². The van der Waals surface area contributed by atoms with Crippen molar-refractivity contribution >= 4 is 11.6 Å². The maximum Gasteiger partial charge on any atom is 0.279 e. The first-order valence-corrected chi connectivity index (χ1v) is 9.80. The van der Waals surface area contributed by atoms with Crippen molar-refractivity contribution in [3.8, 4) is 11.5 Å². The van der Waals surface area contributed by atoms with Crippen LogP contribution < -0.4 is 20.1 Å². The van der Waals surface area contributed by atoms with E-state index in [9.17, 15) is 4.79 Å². The van der Waals surface area contributed by atoms with Crippen molar-refractivity contribution in [3.05, 3.63) is 53.6 Å². The summed E-state index contributed by atoms with van der Waals surface area (Å²) >= 11 is 0. The lowest BCUT2D eigenvalue weighted by Gasteiger charge is -2.20. The third kappa shape index (κ3) is 5.73. The van der Waals surface area contributed by atoms with Gasteiger partial charge < -0.3 is 20.1 Å². The Morgan fingerprint density at radius 3 is 2.14 bits per heavy atom. The van der Waals surface area contributed by atoms with Gasteiger partial charge in [-0.3, -0.25) is 4.79 Å². The highest BCUT2D eigenvalue weighted by atomic mass is 16.5. The summed E-state index contributed by atoms with van der Waals surface area (Å²) in [6.07, 6.45) is 0. The summed E-state index contributed by atoms with van der Waals surface area (Å²) < 4.78 is 10.6. The molecule has 0 heterocycles. The van der Waals surface area contributed by atoms with E-state index in [1.54, 1.807) is 32.4 Å². The topological polar surface area (TPSA) is 64.2 Å². The number of nitrogens with two attached hydrogens (primary N) is 1. The number of hydrogen-bond donors (Lipinski definition) is 2. The van der Waals surface area contributed by atoms with Gasteiger partial charge in [0.15, 0.2) is 6.54 Å². The van der Waals surface area contributed by atoms with Crippen LogP contribution in [-0.4, -0.2) is 26.7 Å². The lowest BCUT2D eigenvalue weighted by Crippen LogP contribution is -2.88. The Hall–Kier alpha value is -2.53. The summed E-state index contributed by atoms with van der Waals surface area (Å²) in [5, 5.41) is 5.03. The second kappa shape index (κ2) is 10.1. The summed E-state index contributed by atoms with van der Waals surface area (Å²) in [6.45, 7) is 9.08. The zero-order valence-electron chi connectivity index (χ0n) is 17.8. The second-order valence-corrected chi connectivity index (χ2v) is 7.65. The minimum atomic E-state index is -0.0731. The number of quaternary nitrogens is 1. The molecule has 0 aliphatic heterocycles. The molecule has 2 aromatic carbocycles. The summed E-state index contributed by atoms with van der Waals surface area (Å²) in [5.74, 6) is 2.13. The van der Waals surface area contributed by atoms with Crippen LogP contribution >= 0.6 is 0 Å². The van der Waals surface area contributed by atoms with E-state index >= 15 is 0 Å². The maximum absolute atomic E-state index is 12.5. The van der Waals surface area contributed by atoms with E-state index in [1.165, 1.54) is 11.1 Å². The fraction of sp³-hybridized carbons (Fsp3) is 0.435. The first kappa shape index (κ1) is 21.8. The molecule has 0 bridgehead atoms. The third-order valence-electron chi connectivity index (χ3n) is 4.94. The standard InChI is InChI=1S/C23H32N2O3/c1-15(2)17-7-9-18(10-8-17)23(16(3)4)24-14-22(26)25-20-13-19(27-5)11-12-21(20)28-6/h7-13,15-16,23-24H,14H2,1-6H3,(H,25,26)/p+1/t23-/m1/s1. The van der Waals surface area contributed by atoms with E-state index in [0.717, 1.165) is 0 Å². The molecule has 0 saturated carbocycles. The molecule has 5 nitrogen and oxygen atoms in total. The molecule has 3 N–H and O–H groups in total. The number of nitrogens with one attached hydrogen (secondary N) is 1. The monoisotopic (exact) mass is 385 g/mol. The van der Waals surface area contributed by atoms with Gasteiger partial charge in [-0.1, -0.05) is 52.0 Å². The molecule has 1 amide bonds. The number of carbonyl (C=O) groups is 1. The van der Waals surface area contributed by atoms with Crippen LogP contribution in [0.4, 0.5) is 5.69 Å². The van der Waals surface area contributed by atoms with Crippen LogP contribution in [0.15, 0.2) is 42.5 Å². The molecule has 0 aliphatic carbocycles. The van der Waals surface area contributed by atoms with E-state index in [-0.39, 0.29) is 11.9 Å². The maximum atomic E-state index is 12.5. The van der Waals surface area contributed by atoms with Crippen molar-refractivity contribution in [2.45, 2.75) is 39.7 Å². The smallest absolute Gasteiger partial charge is 0.279 e. The highest BCUT2D eigenvalue weighted by Crippen LogP contribution is 2.28. The Labute approximate surface area is 168 Å². The molecular formula is C23H33N2O3+. The number of rotatable bonds is 9. The van der Waals surface area contributed by atoms with Gasteiger partial charge in [0.25, 0.3) is 5.91 Å². The van der Waals surface area contributed by atoms with Gasteiger partial charge in [-0.25, -0.2) is 0 Å². The second-order valence-electron chi connectivity index (χ2n) is 7.65. The van der Waals surface area contributed by atoms with Gasteiger partial charge in [0.2, 0.25) is 0 Å². The van der Waals surface area contributed by atoms with Crippen molar-refractivity contribution in [2.75, 3.05) is 26.1 Å². The SMILES string of the molecule is COc1ccc(OC)c(NC(=O)C[NH2+][C@@H](c2ccc(C(C)C)cc2)C(C)C)c1. The highest BCUT2D eigenvalue weighted by molar-refractivity contribution is 5.93. The molecule has 2 rings (SSSR count). The summed E-state index contributed by atoms with van der Waals surface area (Å²) in [4.78, 5) is 12.5. The number of amides is 1. The van der Waals surface area contributed by atoms with Gasteiger partial charge in [-0.15, -0.1) is 0 Å². The lowest BCUT2D eigenvalue weighted by atomic mass is 9.93. The van der Waals surface area contributed by atoms with E-state index in [2.05, 4.69) is 62.6 Å². The van der Waals surface area contributed by atoms with Crippen LogP contribution in [0.2, 0.25) is 0 Å². The molecule has 28 heavy (non-hydrogen) atoms.